The minimum atomic E-state index is 0.329. The smallest absolute Gasteiger partial charge is 0.0433 e. The molecule has 1 N–H and O–H groups in total. The Bertz CT molecular complexity index is 78.8. The SMILES string of the molecule is C=CCCC[C@H](C)CCO. The summed E-state index contributed by atoms with van der Waals surface area (Å²) in [6.07, 6.45) is 6.43. The standard InChI is InChI=1S/C9H18O/c1-3-4-5-6-9(2)7-8-10/h3,9-10H,1,4-8H2,2H3/t9-/m0/s1. The van der Waals surface area contributed by atoms with Gasteiger partial charge in [-0.3, -0.25) is 0 Å². The summed E-state index contributed by atoms with van der Waals surface area (Å²) in [7, 11) is 0. The van der Waals surface area contributed by atoms with Crippen molar-refractivity contribution in [3.8, 4) is 0 Å². The second-order valence-corrected chi connectivity index (χ2v) is 2.84. The van der Waals surface area contributed by atoms with Crippen LogP contribution in [0.1, 0.15) is 32.6 Å². The van der Waals surface area contributed by atoms with Crippen LogP contribution in [0.4, 0.5) is 0 Å². The van der Waals surface area contributed by atoms with E-state index in [1.807, 2.05) is 6.08 Å². The van der Waals surface area contributed by atoms with Gasteiger partial charge in [-0.1, -0.05) is 19.4 Å². The van der Waals surface area contributed by atoms with Gasteiger partial charge in [0, 0.05) is 6.61 Å². The van der Waals surface area contributed by atoms with Gasteiger partial charge in [-0.15, -0.1) is 6.58 Å². The molecule has 1 nitrogen and oxygen atoms in total. The van der Waals surface area contributed by atoms with Crippen LogP contribution in [0.15, 0.2) is 12.7 Å². The fraction of sp³-hybridized carbons (Fsp3) is 0.778. The lowest BCUT2D eigenvalue weighted by Crippen LogP contribution is -1.97. The molecule has 0 aromatic carbocycles. The molecule has 0 amide bonds. The summed E-state index contributed by atoms with van der Waals surface area (Å²) in [6.45, 7) is 6.16. The Morgan fingerprint density at radius 2 is 2.20 bits per heavy atom. The molecule has 1 atom stereocenters. The zero-order chi connectivity index (χ0) is 7.82. The highest BCUT2D eigenvalue weighted by atomic mass is 16.2. The molecule has 0 unspecified atom stereocenters. The molecule has 0 saturated carbocycles. The molecule has 0 spiro atoms. The molecule has 0 aromatic heterocycles. The van der Waals surface area contributed by atoms with Crippen LogP contribution < -0.4 is 0 Å². The van der Waals surface area contributed by atoms with Gasteiger partial charge in [0.25, 0.3) is 0 Å². The van der Waals surface area contributed by atoms with Gasteiger partial charge < -0.3 is 5.11 Å². The van der Waals surface area contributed by atoms with Gasteiger partial charge in [0.15, 0.2) is 0 Å². The second-order valence-electron chi connectivity index (χ2n) is 2.84. The summed E-state index contributed by atoms with van der Waals surface area (Å²) in [6, 6.07) is 0. The monoisotopic (exact) mass is 142 g/mol. The first-order valence-corrected chi connectivity index (χ1v) is 4.03. The Kier molecular flexibility index (Phi) is 6.61. The third-order valence-corrected chi connectivity index (χ3v) is 1.73. The van der Waals surface area contributed by atoms with Crippen LogP contribution in [0.3, 0.4) is 0 Å². The molecule has 0 fully saturated rings. The van der Waals surface area contributed by atoms with Crippen molar-refractivity contribution < 1.29 is 5.11 Å². The summed E-state index contributed by atoms with van der Waals surface area (Å²) >= 11 is 0. The third-order valence-electron chi connectivity index (χ3n) is 1.73. The summed E-state index contributed by atoms with van der Waals surface area (Å²) < 4.78 is 0. The summed E-state index contributed by atoms with van der Waals surface area (Å²) in [5.41, 5.74) is 0. The molecule has 60 valence electrons. The highest BCUT2D eigenvalue weighted by Gasteiger charge is 1.98. The van der Waals surface area contributed by atoms with E-state index in [1.54, 1.807) is 0 Å². The van der Waals surface area contributed by atoms with Crippen LogP contribution in [0, 0.1) is 5.92 Å². The van der Waals surface area contributed by atoms with Crippen molar-refractivity contribution in [3.63, 3.8) is 0 Å². The number of aliphatic hydroxyl groups is 1. The predicted octanol–water partition coefficient (Wildman–Crippen LogP) is 2.36. The number of hydrogen-bond acceptors (Lipinski definition) is 1. The van der Waals surface area contributed by atoms with Gasteiger partial charge in [0.1, 0.15) is 0 Å². The van der Waals surface area contributed by atoms with Crippen molar-refractivity contribution in [1.82, 2.24) is 0 Å². The van der Waals surface area contributed by atoms with Crippen molar-refractivity contribution in [1.29, 1.82) is 0 Å². The third kappa shape index (κ3) is 5.83. The Balaban J connectivity index is 3.04. The van der Waals surface area contributed by atoms with Crippen LogP contribution in [-0.4, -0.2) is 11.7 Å². The van der Waals surface area contributed by atoms with E-state index in [0.29, 0.717) is 12.5 Å². The predicted molar refractivity (Wildman–Crippen MR) is 44.9 cm³/mol. The zero-order valence-electron chi connectivity index (χ0n) is 6.84. The van der Waals surface area contributed by atoms with E-state index in [-0.39, 0.29) is 0 Å². The number of hydrogen-bond donors (Lipinski definition) is 1. The number of aliphatic hydroxyl groups excluding tert-OH is 1. The minimum absolute atomic E-state index is 0.329. The maximum atomic E-state index is 8.57. The molecule has 0 radical (unpaired) electrons. The molecule has 0 rings (SSSR count). The molecule has 0 bridgehead atoms. The molecule has 0 heterocycles. The normalized spacial score (nSPS) is 13.0. The molecule has 0 aliphatic heterocycles. The van der Waals surface area contributed by atoms with E-state index >= 15 is 0 Å². The van der Waals surface area contributed by atoms with Crippen molar-refractivity contribution in [2.45, 2.75) is 32.6 Å². The molecular weight excluding hydrogens is 124 g/mol. The maximum absolute atomic E-state index is 8.57. The Labute approximate surface area is 63.8 Å². The Morgan fingerprint density at radius 3 is 2.70 bits per heavy atom. The van der Waals surface area contributed by atoms with Gasteiger partial charge in [-0.2, -0.15) is 0 Å². The van der Waals surface area contributed by atoms with Gasteiger partial charge in [-0.25, -0.2) is 0 Å². The van der Waals surface area contributed by atoms with E-state index < -0.39 is 0 Å². The zero-order valence-corrected chi connectivity index (χ0v) is 6.84. The Hall–Kier alpha value is -0.300. The van der Waals surface area contributed by atoms with Gasteiger partial charge in [-0.05, 0) is 25.2 Å². The van der Waals surface area contributed by atoms with Gasteiger partial charge in [0.05, 0.1) is 0 Å². The summed E-state index contributed by atoms with van der Waals surface area (Å²) in [5, 5.41) is 8.57. The Morgan fingerprint density at radius 1 is 1.50 bits per heavy atom. The molecule has 0 saturated heterocycles. The number of rotatable bonds is 6. The minimum Gasteiger partial charge on any atom is -0.396 e. The lowest BCUT2D eigenvalue weighted by atomic mass is 10.0. The highest BCUT2D eigenvalue weighted by molar-refractivity contribution is 4.66. The highest BCUT2D eigenvalue weighted by Crippen LogP contribution is 2.10. The average Bonchev–Trinajstić information content (AvgIpc) is 1.89. The summed E-state index contributed by atoms with van der Waals surface area (Å²) in [4.78, 5) is 0. The topological polar surface area (TPSA) is 20.2 Å². The maximum Gasteiger partial charge on any atom is 0.0433 e. The first kappa shape index (κ1) is 9.70. The second kappa shape index (κ2) is 6.81. The van der Waals surface area contributed by atoms with E-state index in [2.05, 4.69) is 13.5 Å². The molecule has 10 heavy (non-hydrogen) atoms. The van der Waals surface area contributed by atoms with Crippen molar-refractivity contribution in [2.75, 3.05) is 6.61 Å². The summed E-state index contributed by atoms with van der Waals surface area (Å²) in [5.74, 6) is 0.671. The van der Waals surface area contributed by atoms with E-state index in [9.17, 15) is 0 Å². The molecule has 0 aliphatic carbocycles. The first-order valence-electron chi connectivity index (χ1n) is 4.03. The average molecular weight is 142 g/mol. The van der Waals surface area contributed by atoms with E-state index in [0.717, 1.165) is 12.8 Å². The molecule has 0 aromatic rings. The fourth-order valence-electron chi connectivity index (χ4n) is 0.975. The van der Waals surface area contributed by atoms with Gasteiger partial charge >= 0.3 is 0 Å². The van der Waals surface area contributed by atoms with Crippen LogP contribution >= 0.6 is 0 Å². The van der Waals surface area contributed by atoms with E-state index in [1.165, 1.54) is 12.8 Å². The molecule has 1 heteroatoms. The molecule has 0 aliphatic rings. The molecular formula is C9H18O. The van der Waals surface area contributed by atoms with Crippen molar-refractivity contribution in [3.05, 3.63) is 12.7 Å². The largest absolute Gasteiger partial charge is 0.396 e. The fourth-order valence-corrected chi connectivity index (χ4v) is 0.975. The lowest BCUT2D eigenvalue weighted by molar-refractivity contribution is 0.257. The van der Waals surface area contributed by atoms with Crippen molar-refractivity contribution in [2.24, 2.45) is 5.92 Å². The van der Waals surface area contributed by atoms with E-state index in [4.69, 9.17) is 5.11 Å². The van der Waals surface area contributed by atoms with Crippen LogP contribution in [-0.2, 0) is 0 Å². The van der Waals surface area contributed by atoms with Crippen LogP contribution in [0.25, 0.3) is 0 Å². The van der Waals surface area contributed by atoms with Crippen LogP contribution in [0.2, 0.25) is 0 Å². The number of allylic oxidation sites excluding steroid dienone is 1. The van der Waals surface area contributed by atoms with Crippen molar-refractivity contribution >= 4 is 0 Å². The quantitative estimate of drug-likeness (QED) is 0.446. The van der Waals surface area contributed by atoms with Gasteiger partial charge in [0.2, 0.25) is 0 Å². The van der Waals surface area contributed by atoms with Crippen LogP contribution in [0.5, 0.6) is 0 Å². The number of unbranched alkanes of at least 4 members (excludes halogenated alkanes) is 1. The lowest BCUT2D eigenvalue weighted by Gasteiger charge is -2.06. The first-order chi connectivity index (χ1) is 4.81.